The van der Waals surface area contributed by atoms with Gasteiger partial charge in [-0.1, -0.05) is 84.9 Å². The number of nitrogens with zero attached hydrogens (tertiary/aromatic N) is 8. The van der Waals surface area contributed by atoms with Gasteiger partial charge >= 0.3 is 30.1 Å². The second kappa shape index (κ2) is 31.5. The molecule has 2 aliphatic rings. The van der Waals surface area contributed by atoms with Crippen LogP contribution in [0.25, 0.3) is 22.5 Å². The number of aromatic nitrogens is 4. The number of rotatable bonds is 11. The topological polar surface area (TPSA) is 328 Å². The number of primary amides is 2. The largest absolute Gasteiger partial charge is 0.466 e. The number of nitrogens with two attached hydrogens (primary N) is 2. The molecule has 26 heteroatoms. The third-order valence-corrected chi connectivity index (χ3v) is 12.1. The number of hydrogen-bond acceptors (Lipinski definition) is 14. The van der Waals surface area contributed by atoms with Crippen molar-refractivity contribution in [1.29, 1.82) is 0 Å². The summed E-state index contributed by atoms with van der Waals surface area (Å²) < 4.78 is 59.2. The summed E-state index contributed by atoms with van der Waals surface area (Å²) in [7, 11) is -3.62. The number of urea groups is 2. The van der Waals surface area contributed by atoms with Gasteiger partial charge in [-0.3, -0.25) is 32.8 Å². The molecule has 0 atom stereocenters. The second-order valence-electron chi connectivity index (χ2n) is 18.6. The minimum atomic E-state index is -3.67. The van der Waals surface area contributed by atoms with Crippen molar-refractivity contribution in [3.8, 4) is 22.5 Å². The van der Waals surface area contributed by atoms with Crippen molar-refractivity contribution in [2.24, 2.45) is 11.5 Å². The molecule has 4 heterocycles. The molecule has 2 saturated heterocycles. The summed E-state index contributed by atoms with van der Waals surface area (Å²) in [5.74, 6) is -0.211. The van der Waals surface area contributed by atoms with Crippen LogP contribution in [0.3, 0.4) is 0 Å². The highest BCUT2D eigenvalue weighted by molar-refractivity contribution is 7.85. The van der Waals surface area contributed by atoms with E-state index in [9.17, 15) is 40.8 Å². The van der Waals surface area contributed by atoms with Crippen LogP contribution in [0.15, 0.2) is 134 Å². The monoisotopic (exact) mass is 1140 g/mol. The normalized spacial score (nSPS) is 13.8. The SMILES string of the molecule is CCOC(C)=O.CN(C(=O)n1cnc(-c2cccc(NC(N)=O)c2)c1)C1CCN(Cc2ccccc2)CC1.CN(C(=O)n1cnc(-c2cccc(NC(N)=O)c2)c1)C1CCN(Cc2ccccc2)CC1.CS(=O)(=O)O.CS(=O)(=O)O. The minimum Gasteiger partial charge on any atom is -0.466 e. The molecular weight excluding hydrogens is 1070 g/mol. The molecule has 4 aromatic carbocycles. The summed E-state index contributed by atoms with van der Waals surface area (Å²) in [6.45, 7) is 9.40. The number of carbonyl (C=O) groups is 5. The van der Waals surface area contributed by atoms with Gasteiger partial charge in [-0.2, -0.15) is 16.8 Å². The van der Waals surface area contributed by atoms with Crippen molar-refractivity contribution < 1.29 is 54.7 Å². The summed E-state index contributed by atoms with van der Waals surface area (Å²) >= 11 is 0. The van der Waals surface area contributed by atoms with Crippen LogP contribution in [-0.4, -0.2) is 166 Å². The zero-order chi connectivity index (χ0) is 59.0. The first-order chi connectivity index (χ1) is 37.8. The first-order valence-corrected chi connectivity index (χ1v) is 28.9. The lowest BCUT2D eigenvalue weighted by Gasteiger charge is -2.36. The molecule has 0 bridgehead atoms. The summed E-state index contributed by atoms with van der Waals surface area (Å²) in [5.41, 5.74) is 17.0. The number of anilines is 2. The molecule has 2 aromatic heterocycles. The maximum atomic E-state index is 13.0. The Labute approximate surface area is 467 Å². The molecule has 6 aromatic rings. The highest BCUT2D eigenvalue weighted by atomic mass is 32.2. The van der Waals surface area contributed by atoms with Gasteiger partial charge in [0, 0.05) is 107 Å². The standard InChI is InChI=1S/2C24H28N6O2.C4H8O2.2CH4O3S/c2*1-28(21-10-12-29(13-11-21)15-18-6-3-2-4-7-18)24(32)30-16-22(26-17-30)19-8-5-9-20(14-19)27-23(25)31;1-3-6-4(2)5;2*1-5(2,3)4/h2*2-9,14,16-17,21H,10-13,15H2,1H3,(H3,25,27,31);3H2,1-2H3;2*1H3,(H,2,3,4). The van der Waals surface area contributed by atoms with Gasteiger partial charge in [0.15, 0.2) is 0 Å². The molecule has 0 saturated carbocycles. The quantitative estimate of drug-likeness (QED) is 0.0574. The average molecular weight is 1150 g/mol. The minimum absolute atomic E-state index is 0.100. The van der Waals surface area contributed by atoms with Crippen molar-refractivity contribution in [2.75, 3.05) is 70.0 Å². The predicted molar refractivity (Wildman–Crippen MR) is 306 cm³/mol. The van der Waals surface area contributed by atoms with E-state index in [0.29, 0.717) is 41.9 Å². The maximum Gasteiger partial charge on any atom is 0.329 e. The van der Waals surface area contributed by atoms with E-state index >= 15 is 0 Å². The molecule has 0 aliphatic carbocycles. The van der Waals surface area contributed by atoms with Crippen molar-refractivity contribution >= 4 is 61.7 Å². The number of piperidine rings is 2. The number of carbonyl (C=O) groups excluding carboxylic acids is 5. The zero-order valence-corrected chi connectivity index (χ0v) is 47.3. The lowest BCUT2D eigenvalue weighted by molar-refractivity contribution is -0.140. The van der Waals surface area contributed by atoms with Crippen LogP contribution in [0, 0.1) is 0 Å². The Morgan fingerprint density at radius 2 is 0.938 bits per heavy atom. The van der Waals surface area contributed by atoms with Gasteiger partial charge in [0.05, 0.1) is 30.5 Å². The van der Waals surface area contributed by atoms with E-state index in [1.807, 2.05) is 48.2 Å². The predicted octanol–water partition coefficient (Wildman–Crippen LogP) is 6.79. The highest BCUT2D eigenvalue weighted by Gasteiger charge is 2.28. The molecule has 24 nitrogen and oxygen atoms in total. The van der Waals surface area contributed by atoms with Crippen molar-refractivity contribution in [3.05, 3.63) is 145 Å². The molecule has 0 unspecified atom stereocenters. The summed E-state index contributed by atoms with van der Waals surface area (Å²) in [6.07, 6.45) is 11.7. The van der Waals surface area contributed by atoms with Gasteiger partial charge in [-0.05, 0) is 68.0 Å². The number of hydrogen-bond donors (Lipinski definition) is 6. The third-order valence-electron chi connectivity index (χ3n) is 12.1. The number of amides is 6. The molecule has 2 fully saturated rings. The Balaban J connectivity index is 0.000000271. The van der Waals surface area contributed by atoms with Crippen LogP contribution in [0.4, 0.5) is 30.6 Å². The van der Waals surface area contributed by atoms with Crippen molar-refractivity contribution in [2.45, 2.75) is 64.7 Å². The van der Waals surface area contributed by atoms with Crippen LogP contribution >= 0.6 is 0 Å². The van der Waals surface area contributed by atoms with Gasteiger partial charge in [-0.15, -0.1) is 0 Å². The van der Waals surface area contributed by atoms with E-state index < -0.39 is 32.3 Å². The summed E-state index contributed by atoms with van der Waals surface area (Å²) in [6, 6.07) is 34.3. The lowest BCUT2D eigenvalue weighted by Crippen LogP contribution is -2.46. The Bertz CT molecular complexity index is 2950. The lowest BCUT2D eigenvalue weighted by atomic mass is 10.0. The number of nitrogens with one attached hydrogen (secondary N) is 2. The van der Waals surface area contributed by atoms with Crippen LogP contribution < -0.4 is 22.1 Å². The van der Waals surface area contributed by atoms with Gasteiger partial charge in [0.2, 0.25) is 0 Å². The van der Waals surface area contributed by atoms with E-state index in [2.05, 4.69) is 83.7 Å². The van der Waals surface area contributed by atoms with Gasteiger partial charge in [0.1, 0.15) is 12.7 Å². The average Bonchev–Trinajstić information content (AvgIpc) is 4.16. The summed E-state index contributed by atoms with van der Waals surface area (Å²) in [5, 5.41) is 5.10. The second-order valence-corrected chi connectivity index (χ2v) is 21.6. The fraction of sp³-hybridized carbons (Fsp3) is 0.352. The summed E-state index contributed by atoms with van der Waals surface area (Å²) in [4.78, 5) is 75.3. The van der Waals surface area contributed by atoms with Crippen molar-refractivity contribution in [1.82, 2.24) is 38.7 Å². The highest BCUT2D eigenvalue weighted by Crippen LogP contribution is 2.25. The fourth-order valence-electron chi connectivity index (χ4n) is 8.44. The van der Waals surface area contributed by atoms with E-state index in [-0.39, 0.29) is 30.1 Å². The maximum absolute atomic E-state index is 13.0. The van der Waals surface area contributed by atoms with Gasteiger partial charge < -0.3 is 36.6 Å². The Kier molecular flexibility index (Phi) is 25.4. The van der Waals surface area contributed by atoms with Crippen LogP contribution in [0.2, 0.25) is 0 Å². The molecule has 432 valence electrons. The van der Waals surface area contributed by atoms with Crippen LogP contribution in [-0.2, 0) is 42.9 Å². The Morgan fingerprint density at radius 3 is 1.23 bits per heavy atom. The zero-order valence-electron chi connectivity index (χ0n) is 45.7. The van der Waals surface area contributed by atoms with Crippen LogP contribution in [0.1, 0.15) is 50.7 Å². The van der Waals surface area contributed by atoms with E-state index in [0.717, 1.165) is 76.1 Å². The molecule has 8 N–H and O–H groups in total. The number of benzene rings is 4. The van der Waals surface area contributed by atoms with Crippen molar-refractivity contribution in [3.63, 3.8) is 0 Å². The molecule has 6 amide bonds. The number of likely N-dealkylation sites (tertiary alicyclic amines) is 2. The van der Waals surface area contributed by atoms with Crippen LogP contribution in [0.5, 0.6) is 0 Å². The molecule has 0 spiro atoms. The molecule has 2 aliphatic heterocycles. The molecule has 8 rings (SSSR count). The number of imidazole rings is 2. The smallest absolute Gasteiger partial charge is 0.329 e. The Morgan fingerprint density at radius 1 is 0.600 bits per heavy atom. The first-order valence-electron chi connectivity index (χ1n) is 25.2. The molecule has 80 heavy (non-hydrogen) atoms. The van der Waals surface area contributed by atoms with Gasteiger partial charge in [0.25, 0.3) is 20.2 Å². The molecular formula is C54H72N12O12S2. The van der Waals surface area contributed by atoms with E-state index in [1.54, 1.807) is 55.7 Å². The first kappa shape index (κ1) is 64.5. The number of esters is 1. The van der Waals surface area contributed by atoms with E-state index in [4.69, 9.17) is 20.6 Å². The molecule has 0 radical (unpaired) electrons. The van der Waals surface area contributed by atoms with Gasteiger partial charge in [-0.25, -0.2) is 29.1 Å². The van der Waals surface area contributed by atoms with E-state index in [1.165, 1.54) is 39.8 Å². The third kappa shape index (κ3) is 24.3. The Hall–Kier alpha value is -8.01. The number of ether oxygens (including phenoxy) is 1. The fourth-order valence-corrected chi connectivity index (χ4v) is 8.44.